The summed E-state index contributed by atoms with van der Waals surface area (Å²) in [6, 6.07) is 4.96. The highest BCUT2D eigenvalue weighted by atomic mass is 35.5. The predicted molar refractivity (Wildman–Crippen MR) is 85.5 cm³/mol. The van der Waals surface area contributed by atoms with Crippen LogP contribution in [0.25, 0.3) is 0 Å². The van der Waals surface area contributed by atoms with E-state index in [9.17, 15) is 10.1 Å². The summed E-state index contributed by atoms with van der Waals surface area (Å²) in [5.74, 6) is 0.689. The average molecular weight is 311 g/mol. The van der Waals surface area contributed by atoms with Crippen LogP contribution in [0.1, 0.15) is 44.6 Å². The number of nitrogens with two attached hydrogens (primary N) is 1. The lowest BCUT2D eigenvalue weighted by Gasteiger charge is -2.40. The lowest BCUT2D eigenvalue weighted by Crippen LogP contribution is -2.37. The molecule has 2 unspecified atom stereocenters. The summed E-state index contributed by atoms with van der Waals surface area (Å²) in [6.07, 6.45) is 6.37. The normalized spacial score (nSPS) is 25.8. The third kappa shape index (κ3) is 3.74. The first-order valence-corrected chi connectivity index (χ1v) is 8.00. The standard InChI is InChI=1S/C16H23ClN2O2/c1-2-12-4-3-7-16(9-12,11-18)10-13-5-6-14(17)8-15(13)19(20)21/h5-6,8,12H,2-4,7,9-11,18H2,1H3. The van der Waals surface area contributed by atoms with Crippen LogP contribution in [0.15, 0.2) is 18.2 Å². The Morgan fingerprint density at radius 1 is 1.52 bits per heavy atom. The molecule has 2 atom stereocenters. The predicted octanol–water partition coefficient (Wildman–Crippen LogP) is 4.34. The van der Waals surface area contributed by atoms with E-state index in [-0.39, 0.29) is 16.0 Å². The molecular weight excluding hydrogens is 288 g/mol. The van der Waals surface area contributed by atoms with Gasteiger partial charge >= 0.3 is 0 Å². The minimum Gasteiger partial charge on any atom is -0.330 e. The molecule has 1 aliphatic carbocycles. The SMILES string of the molecule is CCC1CCCC(CN)(Cc2ccc(Cl)cc2[N+](=O)[O-])C1. The van der Waals surface area contributed by atoms with Crippen molar-refractivity contribution >= 4 is 17.3 Å². The molecule has 1 fully saturated rings. The van der Waals surface area contributed by atoms with E-state index >= 15 is 0 Å². The number of nitrogens with zero attached hydrogens (tertiary/aromatic N) is 1. The summed E-state index contributed by atoms with van der Waals surface area (Å²) in [6.45, 7) is 2.80. The summed E-state index contributed by atoms with van der Waals surface area (Å²) >= 11 is 5.89. The van der Waals surface area contributed by atoms with Crippen molar-refractivity contribution in [2.75, 3.05) is 6.54 Å². The molecular formula is C16H23ClN2O2. The first-order chi connectivity index (χ1) is 9.99. The van der Waals surface area contributed by atoms with Crippen LogP contribution in [0.2, 0.25) is 5.02 Å². The Kier molecular flexibility index (Phi) is 5.22. The van der Waals surface area contributed by atoms with Gasteiger partial charge in [-0.05, 0) is 43.2 Å². The summed E-state index contributed by atoms with van der Waals surface area (Å²) in [7, 11) is 0. The van der Waals surface area contributed by atoms with Crippen LogP contribution in [0.3, 0.4) is 0 Å². The molecule has 4 nitrogen and oxygen atoms in total. The Morgan fingerprint density at radius 2 is 2.29 bits per heavy atom. The van der Waals surface area contributed by atoms with Gasteiger partial charge in [-0.1, -0.05) is 43.9 Å². The van der Waals surface area contributed by atoms with E-state index in [0.29, 0.717) is 23.9 Å². The van der Waals surface area contributed by atoms with Gasteiger partial charge in [0.25, 0.3) is 5.69 Å². The van der Waals surface area contributed by atoms with Crippen molar-refractivity contribution in [2.24, 2.45) is 17.1 Å². The quantitative estimate of drug-likeness (QED) is 0.650. The van der Waals surface area contributed by atoms with Crippen molar-refractivity contribution in [3.63, 3.8) is 0 Å². The van der Waals surface area contributed by atoms with E-state index in [2.05, 4.69) is 6.92 Å². The maximum atomic E-state index is 11.2. The van der Waals surface area contributed by atoms with Gasteiger partial charge in [-0.25, -0.2) is 0 Å². The van der Waals surface area contributed by atoms with Gasteiger partial charge in [-0.2, -0.15) is 0 Å². The minimum atomic E-state index is -0.342. The minimum absolute atomic E-state index is 0.00246. The monoisotopic (exact) mass is 310 g/mol. The van der Waals surface area contributed by atoms with E-state index in [0.717, 1.165) is 31.2 Å². The molecule has 0 radical (unpaired) electrons. The molecule has 5 heteroatoms. The van der Waals surface area contributed by atoms with Crippen LogP contribution < -0.4 is 5.73 Å². The molecule has 0 amide bonds. The second-order valence-corrected chi connectivity index (χ2v) is 6.72. The number of rotatable bonds is 5. The van der Waals surface area contributed by atoms with Gasteiger partial charge < -0.3 is 5.73 Å². The van der Waals surface area contributed by atoms with Crippen molar-refractivity contribution < 1.29 is 4.92 Å². The Labute approximate surface area is 130 Å². The molecule has 0 spiro atoms. The zero-order valence-electron chi connectivity index (χ0n) is 12.5. The molecule has 116 valence electrons. The van der Waals surface area contributed by atoms with Crippen molar-refractivity contribution in [3.8, 4) is 0 Å². The van der Waals surface area contributed by atoms with E-state index in [1.165, 1.54) is 12.5 Å². The fourth-order valence-corrected chi connectivity index (χ4v) is 3.78. The fraction of sp³-hybridized carbons (Fsp3) is 0.625. The van der Waals surface area contributed by atoms with E-state index < -0.39 is 0 Å². The van der Waals surface area contributed by atoms with Gasteiger partial charge in [-0.15, -0.1) is 0 Å². The van der Waals surface area contributed by atoms with E-state index in [1.54, 1.807) is 12.1 Å². The lowest BCUT2D eigenvalue weighted by molar-refractivity contribution is -0.385. The first-order valence-electron chi connectivity index (χ1n) is 7.62. The topological polar surface area (TPSA) is 69.2 Å². The summed E-state index contributed by atoms with van der Waals surface area (Å²) in [4.78, 5) is 10.9. The van der Waals surface area contributed by atoms with Gasteiger partial charge in [-0.3, -0.25) is 10.1 Å². The molecule has 0 heterocycles. The van der Waals surface area contributed by atoms with Crippen LogP contribution >= 0.6 is 11.6 Å². The second-order valence-electron chi connectivity index (χ2n) is 6.28. The van der Waals surface area contributed by atoms with Gasteiger partial charge in [0, 0.05) is 16.7 Å². The maximum Gasteiger partial charge on any atom is 0.274 e. The molecule has 2 rings (SSSR count). The zero-order valence-corrected chi connectivity index (χ0v) is 13.2. The Hall–Kier alpha value is -1.13. The highest BCUT2D eigenvalue weighted by molar-refractivity contribution is 6.30. The average Bonchev–Trinajstić information content (AvgIpc) is 2.49. The van der Waals surface area contributed by atoms with Crippen LogP contribution in [0.4, 0.5) is 5.69 Å². The lowest BCUT2D eigenvalue weighted by atomic mass is 9.66. The molecule has 0 saturated heterocycles. The van der Waals surface area contributed by atoms with Crippen molar-refractivity contribution in [3.05, 3.63) is 38.9 Å². The van der Waals surface area contributed by atoms with Gasteiger partial charge in [0.2, 0.25) is 0 Å². The number of hydrogen-bond donors (Lipinski definition) is 1. The molecule has 0 aliphatic heterocycles. The number of halogens is 1. The molecule has 2 N–H and O–H groups in total. The summed E-state index contributed by atoms with van der Waals surface area (Å²) in [5.41, 5.74) is 6.94. The molecule has 1 saturated carbocycles. The molecule has 1 aromatic rings. The highest BCUT2D eigenvalue weighted by Gasteiger charge is 2.36. The number of hydrogen-bond acceptors (Lipinski definition) is 3. The van der Waals surface area contributed by atoms with Crippen LogP contribution in [-0.4, -0.2) is 11.5 Å². The fourth-order valence-electron chi connectivity index (χ4n) is 3.61. The van der Waals surface area contributed by atoms with Crippen LogP contribution in [0.5, 0.6) is 0 Å². The van der Waals surface area contributed by atoms with Crippen molar-refractivity contribution in [1.29, 1.82) is 0 Å². The Balaban J connectivity index is 2.28. The smallest absolute Gasteiger partial charge is 0.274 e. The third-order valence-corrected chi connectivity index (χ3v) is 5.10. The third-order valence-electron chi connectivity index (χ3n) is 4.86. The van der Waals surface area contributed by atoms with Crippen LogP contribution in [0, 0.1) is 21.4 Å². The van der Waals surface area contributed by atoms with Crippen LogP contribution in [-0.2, 0) is 6.42 Å². The Morgan fingerprint density at radius 3 is 2.90 bits per heavy atom. The number of nitro benzene ring substituents is 1. The maximum absolute atomic E-state index is 11.2. The highest BCUT2D eigenvalue weighted by Crippen LogP contribution is 2.43. The molecule has 0 bridgehead atoms. The van der Waals surface area contributed by atoms with E-state index in [1.807, 2.05) is 0 Å². The second kappa shape index (κ2) is 6.75. The number of nitro groups is 1. The van der Waals surface area contributed by atoms with E-state index in [4.69, 9.17) is 17.3 Å². The van der Waals surface area contributed by atoms with Crippen molar-refractivity contribution in [2.45, 2.75) is 45.4 Å². The zero-order chi connectivity index (χ0) is 15.5. The van der Waals surface area contributed by atoms with Gasteiger partial charge in [0.1, 0.15) is 0 Å². The molecule has 21 heavy (non-hydrogen) atoms. The molecule has 0 aromatic heterocycles. The Bertz CT molecular complexity index is 521. The number of benzene rings is 1. The summed E-state index contributed by atoms with van der Waals surface area (Å²) < 4.78 is 0. The largest absolute Gasteiger partial charge is 0.330 e. The summed E-state index contributed by atoms with van der Waals surface area (Å²) in [5, 5.41) is 11.6. The van der Waals surface area contributed by atoms with Gasteiger partial charge in [0.15, 0.2) is 0 Å². The van der Waals surface area contributed by atoms with Gasteiger partial charge in [0.05, 0.1) is 4.92 Å². The molecule has 1 aromatic carbocycles. The van der Waals surface area contributed by atoms with Crippen molar-refractivity contribution in [1.82, 2.24) is 0 Å². The first kappa shape index (κ1) is 16.2. The molecule has 1 aliphatic rings.